The number of hydrogen-bond donors (Lipinski definition) is 2. The van der Waals surface area contributed by atoms with E-state index in [1.807, 2.05) is 6.07 Å². The first-order chi connectivity index (χ1) is 9.74. The lowest BCUT2D eigenvalue weighted by atomic mass is 9.84. The van der Waals surface area contributed by atoms with E-state index in [1.165, 1.54) is 30.4 Å². The van der Waals surface area contributed by atoms with Gasteiger partial charge in [-0.2, -0.15) is 0 Å². The molecule has 0 radical (unpaired) electrons. The van der Waals surface area contributed by atoms with Crippen molar-refractivity contribution in [1.29, 1.82) is 0 Å². The molecule has 0 unspecified atom stereocenters. The Bertz CT molecular complexity index is 488. The lowest BCUT2D eigenvalue weighted by Gasteiger charge is -2.26. The van der Waals surface area contributed by atoms with Crippen LogP contribution in [0, 0.1) is 12.8 Å². The summed E-state index contributed by atoms with van der Waals surface area (Å²) >= 11 is 0. The summed E-state index contributed by atoms with van der Waals surface area (Å²) in [5, 5.41) is 6.51. The molecule has 1 aromatic carbocycles. The minimum absolute atomic E-state index is 0.205. The van der Waals surface area contributed by atoms with Crippen molar-refractivity contribution in [3.05, 3.63) is 29.3 Å². The maximum atomic E-state index is 12.0. The number of piperidine rings is 1. The number of benzene rings is 1. The Morgan fingerprint density at radius 1 is 1.20 bits per heavy atom. The molecule has 2 N–H and O–H groups in total. The zero-order chi connectivity index (χ0) is 13.9. The average Bonchev–Trinajstić information content (AvgIpc) is 2.40. The van der Waals surface area contributed by atoms with Gasteiger partial charge in [-0.1, -0.05) is 12.5 Å². The molecule has 3 nitrogen and oxygen atoms in total. The Kier molecular flexibility index (Phi) is 4.06. The number of carbonyl (C=O) groups is 1. The monoisotopic (exact) mass is 272 g/mol. The Hall–Kier alpha value is -1.35. The van der Waals surface area contributed by atoms with Crippen molar-refractivity contribution in [2.24, 2.45) is 5.92 Å². The Labute approximate surface area is 121 Å². The van der Waals surface area contributed by atoms with Crippen molar-refractivity contribution in [3.8, 4) is 0 Å². The fraction of sp³-hybridized carbons (Fsp3) is 0.588. The molecule has 0 aromatic heterocycles. The van der Waals surface area contributed by atoms with Gasteiger partial charge in [0.1, 0.15) is 0 Å². The van der Waals surface area contributed by atoms with Crippen LogP contribution in [0.4, 0.5) is 5.69 Å². The van der Waals surface area contributed by atoms with Crippen LogP contribution in [0.2, 0.25) is 0 Å². The fourth-order valence-corrected chi connectivity index (χ4v) is 3.21. The third-order valence-corrected chi connectivity index (χ3v) is 4.80. The zero-order valence-corrected chi connectivity index (χ0v) is 12.2. The molecule has 2 aliphatic rings. The van der Waals surface area contributed by atoms with Gasteiger partial charge in [0.15, 0.2) is 0 Å². The molecular formula is C17H24N2O. The van der Waals surface area contributed by atoms with Crippen molar-refractivity contribution in [3.63, 3.8) is 0 Å². The number of hydrogen-bond acceptors (Lipinski definition) is 2. The molecule has 108 valence electrons. The summed E-state index contributed by atoms with van der Waals surface area (Å²) in [5.74, 6) is 1.09. The van der Waals surface area contributed by atoms with Gasteiger partial charge in [0.2, 0.25) is 5.91 Å². The third-order valence-electron chi connectivity index (χ3n) is 4.80. The molecule has 2 fully saturated rings. The van der Waals surface area contributed by atoms with E-state index in [1.54, 1.807) is 0 Å². The Morgan fingerprint density at radius 3 is 2.60 bits per heavy atom. The van der Waals surface area contributed by atoms with E-state index in [0.29, 0.717) is 5.92 Å². The zero-order valence-electron chi connectivity index (χ0n) is 12.2. The van der Waals surface area contributed by atoms with Crippen molar-refractivity contribution < 1.29 is 4.79 Å². The van der Waals surface area contributed by atoms with E-state index in [-0.39, 0.29) is 11.8 Å². The predicted molar refractivity (Wildman–Crippen MR) is 82.0 cm³/mol. The van der Waals surface area contributed by atoms with Crippen LogP contribution in [0.1, 0.15) is 49.1 Å². The molecule has 1 aliphatic heterocycles. The van der Waals surface area contributed by atoms with Crippen LogP contribution < -0.4 is 10.6 Å². The average molecular weight is 272 g/mol. The van der Waals surface area contributed by atoms with E-state index in [0.717, 1.165) is 31.6 Å². The third kappa shape index (κ3) is 2.88. The highest BCUT2D eigenvalue weighted by Crippen LogP contribution is 2.31. The molecule has 1 heterocycles. The Morgan fingerprint density at radius 2 is 1.95 bits per heavy atom. The number of aryl methyl sites for hydroxylation is 1. The van der Waals surface area contributed by atoms with Crippen molar-refractivity contribution >= 4 is 11.6 Å². The maximum absolute atomic E-state index is 12.0. The van der Waals surface area contributed by atoms with E-state index >= 15 is 0 Å². The smallest absolute Gasteiger partial charge is 0.227 e. The normalized spacial score (nSPS) is 20.4. The number of carbonyl (C=O) groups excluding carboxylic acids is 1. The summed E-state index contributed by atoms with van der Waals surface area (Å²) in [6.07, 6.45) is 5.70. The van der Waals surface area contributed by atoms with Crippen LogP contribution in [0.3, 0.4) is 0 Å². The second-order valence-corrected chi connectivity index (χ2v) is 6.21. The largest absolute Gasteiger partial charge is 0.326 e. The van der Waals surface area contributed by atoms with E-state index in [2.05, 4.69) is 29.7 Å². The molecule has 0 atom stereocenters. The molecular weight excluding hydrogens is 248 g/mol. The van der Waals surface area contributed by atoms with Crippen LogP contribution in [0.15, 0.2) is 18.2 Å². The fourth-order valence-electron chi connectivity index (χ4n) is 3.21. The lowest BCUT2D eigenvalue weighted by Crippen LogP contribution is -2.28. The minimum atomic E-state index is 0.205. The number of rotatable bonds is 3. The summed E-state index contributed by atoms with van der Waals surface area (Å²) in [6.45, 7) is 4.38. The molecule has 3 rings (SSSR count). The molecule has 0 bridgehead atoms. The molecule has 1 aromatic rings. The van der Waals surface area contributed by atoms with Gasteiger partial charge in [-0.3, -0.25) is 4.79 Å². The highest BCUT2D eigenvalue weighted by Gasteiger charge is 2.25. The molecule has 1 saturated carbocycles. The predicted octanol–water partition coefficient (Wildman–Crippen LogP) is 3.20. The quantitative estimate of drug-likeness (QED) is 0.887. The minimum Gasteiger partial charge on any atom is -0.326 e. The molecule has 0 spiro atoms. The lowest BCUT2D eigenvalue weighted by molar-refractivity contribution is -0.122. The van der Waals surface area contributed by atoms with Gasteiger partial charge in [-0.25, -0.2) is 0 Å². The van der Waals surface area contributed by atoms with Crippen molar-refractivity contribution in [2.45, 2.75) is 44.9 Å². The number of anilines is 1. The van der Waals surface area contributed by atoms with Crippen LogP contribution >= 0.6 is 0 Å². The summed E-state index contributed by atoms with van der Waals surface area (Å²) in [4.78, 5) is 12.0. The molecule has 20 heavy (non-hydrogen) atoms. The van der Waals surface area contributed by atoms with E-state index in [9.17, 15) is 4.79 Å². The van der Waals surface area contributed by atoms with E-state index < -0.39 is 0 Å². The van der Waals surface area contributed by atoms with Gasteiger partial charge in [0.05, 0.1) is 0 Å². The second-order valence-electron chi connectivity index (χ2n) is 6.21. The van der Waals surface area contributed by atoms with Gasteiger partial charge in [0.25, 0.3) is 0 Å². The SMILES string of the molecule is Cc1ccc(NC(=O)C2CCC2)cc1C1CCNCC1. The first-order valence-corrected chi connectivity index (χ1v) is 7.86. The highest BCUT2D eigenvalue weighted by molar-refractivity contribution is 5.93. The summed E-state index contributed by atoms with van der Waals surface area (Å²) in [6, 6.07) is 6.38. The van der Waals surface area contributed by atoms with Gasteiger partial charge >= 0.3 is 0 Å². The molecule has 1 aliphatic carbocycles. The van der Waals surface area contributed by atoms with Crippen LogP contribution in [0.5, 0.6) is 0 Å². The standard InChI is InChI=1S/C17H24N2O/c1-12-5-6-15(19-17(20)14-3-2-4-14)11-16(12)13-7-9-18-10-8-13/h5-6,11,13-14,18H,2-4,7-10H2,1H3,(H,19,20). The summed E-state index contributed by atoms with van der Waals surface area (Å²) in [7, 11) is 0. The van der Waals surface area contributed by atoms with Gasteiger partial charge in [0, 0.05) is 11.6 Å². The first-order valence-electron chi connectivity index (χ1n) is 7.86. The van der Waals surface area contributed by atoms with Crippen LogP contribution in [0.25, 0.3) is 0 Å². The summed E-state index contributed by atoms with van der Waals surface area (Å²) in [5.41, 5.74) is 3.73. The topological polar surface area (TPSA) is 41.1 Å². The highest BCUT2D eigenvalue weighted by atomic mass is 16.1. The number of amides is 1. The van der Waals surface area contributed by atoms with Crippen LogP contribution in [-0.4, -0.2) is 19.0 Å². The van der Waals surface area contributed by atoms with Crippen molar-refractivity contribution in [2.75, 3.05) is 18.4 Å². The van der Waals surface area contributed by atoms with Crippen LogP contribution in [-0.2, 0) is 4.79 Å². The van der Waals surface area contributed by atoms with Gasteiger partial charge in [-0.05, 0) is 74.9 Å². The molecule has 1 saturated heterocycles. The molecule has 1 amide bonds. The molecule has 3 heteroatoms. The first kappa shape index (κ1) is 13.6. The van der Waals surface area contributed by atoms with Gasteiger partial charge < -0.3 is 10.6 Å². The Balaban J connectivity index is 1.73. The maximum Gasteiger partial charge on any atom is 0.227 e. The number of nitrogens with one attached hydrogen (secondary N) is 2. The summed E-state index contributed by atoms with van der Waals surface area (Å²) < 4.78 is 0. The van der Waals surface area contributed by atoms with Gasteiger partial charge in [-0.15, -0.1) is 0 Å². The van der Waals surface area contributed by atoms with E-state index in [4.69, 9.17) is 0 Å². The van der Waals surface area contributed by atoms with Crippen molar-refractivity contribution in [1.82, 2.24) is 5.32 Å². The second kappa shape index (κ2) is 5.96.